The van der Waals surface area contributed by atoms with Crippen molar-refractivity contribution in [3.8, 4) is 0 Å². The molecule has 2 rings (SSSR count). The molecule has 0 radical (unpaired) electrons. The van der Waals surface area contributed by atoms with Crippen molar-refractivity contribution in [2.24, 2.45) is 10.2 Å². The lowest BCUT2D eigenvalue weighted by molar-refractivity contribution is 1.27. The van der Waals surface area contributed by atoms with Crippen LogP contribution in [0.15, 0.2) is 65.3 Å². The third-order valence-electron chi connectivity index (χ3n) is 2.18. The van der Waals surface area contributed by atoms with Gasteiger partial charge in [0.25, 0.3) is 0 Å². The Morgan fingerprint density at radius 3 is 2.67 bits per heavy atom. The van der Waals surface area contributed by atoms with Crippen molar-refractivity contribution in [2.45, 2.75) is 6.42 Å². The van der Waals surface area contributed by atoms with Crippen LogP contribution >= 0.6 is 0 Å². The highest BCUT2D eigenvalue weighted by Gasteiger charge is 2.11. The number of benzene rings is 1. The molecule has 0 bridgehead atoms. The molecule has 1 aliphatic rings. The third kappa shape index (κ3) is 2.29. The smallest absolute Gasteiger partial charge is 0.0763 e. The number of nitrogens with zero attached hydrogens (tertiary/aromatic N) is 2. The lowest BCUT2D eigenvalue weighted by Gasteiger charge is -1.97. The molecule has 1 heterocycles. The van der Waals surface area contributed by atoms with E-state index in [1.807, 2.05) is 30.4 Å². The maximum absolute atomic E-state index is 4.16. The van der Waals surface area contributed by atoms with Crippen LogP contribution in [0.3, 0.4) is 0 Å². The van der Waals surface area contributed by atoms with Crippen LogP contribution < -0.4 is 0 Å². The number of hydrogen-bond donors (Lipinski definition) is 0. The van der Waals surface area contributed by atoms with Crippen molar-refractivity contribution >= 4 is 11.4 Å². The molecule has 0 saturated heterocycles. The third-order valence-corrected chi connectivity index (χ3v) is 2.18. The molecule has 0 aliphatic carbocycles. The molecule has 0 N–H and O–H groups in total. The van der Waals surface area contributed by atoms with Crippen LogP contribution in [0.1, 0.15) is 12.0 Å². The van der Waals surface area contributed by atoms with E-state index in [0.29, 0.717) is 0 Å². The summed E-state index contributed by atoms with van der Waals surface area (Å²) in [5, 5.41) is 8.26. The molecular weight excluding hydrogens is 184 g/mol. The Morgan fingerprint density at radius 1 is 1.13 bits per heavy atom. The van der Waals surface area contributed by atoms with Crippen molar-refractivity contribution in [2.75, 3.05) is 0 Å². The van der Waals surface area contributed by atoms with Crippen molar-refractivity contribution in [1.29, 1.82) is 0 Å². The summed E-state index contributed by atoms with van der Waals surface area (Å²) >= 11 is 0. The molecular formula is C13H12N2. The van der Waals surface area contributed by atoms with E-state index in [1.165, 1.54) is 0 Å². The minimum atomic E-state index is 0.800. The van der Waals surface area contributed by atoms with Gasteiger partial charge in [-0.3, -0.25) is 0 Å². The van der Waals surface area contributed by atoms with Crippen molar-refractivity contribution in [1.82, 2.24) is 0 Å². The van der Waals surface area contributed by atoms with Crippen LogP contribution in [0.5, 0.6) is 0 Å². The van der Waals surface area contributed by atoms with Crippen molar-refractivity contribution in [3.63, 3.8) is 0 Å². The van der Waals surface area contributed by atoms with Crippen LogP contribution in [0.25, 0.3) is 0 Å². The summed E-state index contributed by atoms with van der Waals surface area (Å²) in [6, 6.07) is 10.1. The quantitative estimate of drug-likeness (QED) is 0.664. The summed E-state index contributed by atoms with van der Waals surface area (Å²) in [4.78, 5) is 0. The van der Waals surface area contributed by atoms with Gasteiger partial charge in [-0.1, -0.05) is 49.1 Å². The first-order valence-corrected chi connectivity index (χ1v) is 4.88. The number of hydrogen-bond acceptors (Lipinski definition) is 2. The average Bonchev–Trinajstić information content (AvgIpc) is 2.76. The molecule has 0 unspecified atom stereocenters. The molecule has 74 valence electrons. The zero-order valence-electron chi connectivity index (χ0n) is 8.43. The predicted octanol–water partition coefficient (Wildman–Crippen LogP) is 2.98. The zero-order chi connectivity index (χ0) is 10.5. The van der Waals surface area contributed by atoms with E-state index in [-0.39, 0.29) is 0 Å². The summed E-state index contributed by atoms with van der Waals surface area (Å²) in [5.74, 6) is 0. The second-order valence-corrected chi connectivity index (χ2v) is 3.28. The fourth-order valence-corrected chi connectivity index (χ4v) is 1.43. The molecule has 1 aliphatic heterocycles. The predicted molar refractivity (Wildman–Crippen MR) is 64.4 cm³/mol. The molecule has 2 heteroatoms. The Hall–Kier alpha value is -1.96. The largest absolute Gasteiger partial charge is 0.155 e. The zero-order valence-corrected chi connectivity index (χ0v) is 8.43. The van der Waals surface area contributed by atoms with E-state index in [0.717, 1.165) is 23.4 Å². The Balaban J connectivity index is 2.08. The monoisotopic (exact) mass is 196 g/mol. The van der Waals surface area contributed by atoms with Crippen LogP contribution in [0.2, 0.25) is 0 Å². The summed E-state index contributed by atoms with van der Waals surface area (Å²) < 4.78 is 0. The summed E-state index contributed by atoms with van der Waals surface area (Å²) in [6.07, 6.45) is 6.35. The van der Waals surface area contributed by atoms with Gasteiger partial charge < -0.3 is 0 Å². The van der Waals surface area contributed by atoms with Gasteiger partial charge in [0.15, 0.2) is 0 Å². The minimum Gasteiger partial charge on any atom is -0.155 e. The highest BCUT2D eigenvalue weighted by atomic mass is 15.2. The van der Waals surface area contributed by atoms with Gasteiger partial charge in [-0.2, -0.15) is 10.2 Å². The minimum absolute atomic E-state index is 0.800. The molecule has 15 heavy (non-hydrogen) atoms. The normalized spacial score (nSPS) is 15.2. The van der Waals surface area contributed by atoms with Crippen LogP contribution in [-0.2, 0) is 0 Å². The van der Waals surface area contributed by atoms with E-state index >= 15 is 0 Å². The average molecular weight is 196 g/mol. The Morgan fingerprint density at radius 2 is 1.93 bits per heavy atom. The standard InChI is InChI=1S/C13H12N2/c1-2-3-9-12-10-13(15-14-12)11-7-5-4-6-8-11/h2-9H,1,10H2/b9-3+. The first-order valence-electron chi connectivity index (χ1n) is 4.88. The van der Waals surface area contributed by atoms with Gasteiger partial charge >= 0.3 is 0 Å². The highest BCUT2D eigenvalue weighted by molar-refractivity contribution is 6.18. The molecule has 0 aromatic heterocycles. The van der Waals surface area contributed by atoms with E-state index in [2.05, 4.69) is 28.9 Å². The number of allylic oxidation sites excluding steroid dienone is 3. The van der Waals surface area contributed by atoms with Gasteiger partial charge in [-0.25, -0.2) is 0 Å². The molecule has 0 spiro atoms. The van der Waals surface area contributed by atoms with Crippen LogP contribution in [0, 0.1) is 0 Å². The Bertz CT molecular complexity index is 439. The van der Waals surface area contributed by atoms with E-state index < -0.39 is 0 Å². The second-order valence-electron chi connectivity index (χ2n) is 3.28. The lowest BCUT2D eigenvalue weighted by Crippen LogP contribution is -2.01. The van der Waals surface area contributed by atoms with Gasteiger partial charge in [-0.05, 0) is 11.6 Å². The molecule has 2 nitrogen and oxygen atoms in total. The van der Waals surface area contributed by atoms with Gasteiger partial charge in [0.2, 0.25) is 0 Å². The Labute approximate surface area is 89.4 Å². The maximum atomic E-state index is 4.16. The van der Waals surface area contributed by atoms with Crippen LogP contribution in [-0.4, -0.2) is 11.4 Å². The highest BCUT2D eigenvalue weighted by Crippen LogP contribution is 2.11. The maximum Gasteiger partial charge on any atom is 0.0763 e. The summed E-state index contributed by atoms with van der Waals surface area (Å²) in [6.45, 7) is 3.62. The van der Waals surface area contributed by atoms with Crippen molar-refractivity contribution < 1.29 is 0 Å². The van der Waals surface area contributed by atoms with Gasteiger partial charge in [0, 0.05) is 6.42 Å². The van der Waals surface area contributed by atoms with Crippen molar-refractivity contribution in [3.05, 3.63) is 60.7 Å². The molecule has 0 fully saturated rings. The Kier molecular flexibility index (Phi) is 2.88. The lowest BCUT2D eigenvalue weighted by atomic mass is 10.1. The van der Waals surface area contributed by atoms with Gasteiger partial charge in [0.1, 0.15) is 0 Å². The molecule has 0 saturated carbocycles. The number of rotatable bonds is 3. The molecule has 1 aromatic rings. The van der Waals surface area contributed by atoms with E-state index in [1.54, 1.807) is 6.08 Å². The first kappa shape index (κ1) is 9.59. The topological polar surface area (TPSA) is 24.7 Å². The fraction of sp³-hybridized carbons (Fsp3) is 0.0769. The summed E-state index contributed by atoms with van der Waals surface area (Å²) in [5.41, 5.74) is 3.15. The molecule has 0 amide bonds. The van der Waals surface area contributed by atoms with Gasteiger partial charge in [0.05, 0.1) is 11.4 Å². The second kappa shape index (κ2) is 4.51. The molecule has 0 atom stereocenters. The molecule has 1 aromatic carbocycles. The van der Waals surface area contributed by atoms with E-state index in [9.17, 15) is 0 Å². The van der Waals surface area contributed by atoms with Crippen LogP contribution in [0.4, 0.5) is 0 Å². The first-order chi connectivity index (χ1) is 7.40. The SMILES string of the molecule is C=C/C=C/C1=NN=C(c2ccccc2)C1. The fourth-order valence-electron chi connectivity index (χ4n) is 1.43. The van der Waals surface area contributed by atoms with E-state index in [4.69, 9.17) is 0 Å². The van der Waals surface area contributed by atoms with Gasteiger partial charge in [-0.15, -0.1) is 0 Å². The summed E-state index contributed by atoms with van der Waals surface area (Å²) in [7, 11) is 0.